The molecular weight excluding hydrogens is 310 g/mol. The molecule has 0 aliphatic heterocycles. The van der Waals surface area contributed by atoms with Gasteiger partial charge in [-0.05, 0) is 12.1 Å². The Kier molecular flexibility index (Phi) is 4.97. The fourth-order valence-corrected chi connectivity index (χ4v) is 2.49. The summed E-state index contributed by atoms with van der Waals surface area (Å²) in [5.41, 5.74) is 0.411. The molecule has 8 heteroatoms. The topological polar surface area (TPSA) is 43.4 Å². The summed E-state index contributed by atoms with van der Waals surface area (Å²) in [6, 6.07) is 4.86. The molecule has 20 heavy (non-hydrogen) atoms. The summed E-state index contributed by atoms with van der Waals surface area (Å²) < 4.78 is 34.8. The van der Waals surface area contributed by atoms with Gasteiger partial charge in [0.05, 0.1) is 19.3 Å². The molecule has 1 aromatic carbocycles. The molecule has 0 amide bonds. The maximum atomic E-state index is 12.5. The Morgan fingerprint density at radius 1 is 1.45 bits per heavy atom. The van der Waals surface area contributed by atoms with Gasteiger partial charge in [0.15, 0.2) is 16.0 Å². The molecule has 0 saturated carbocycles. The van der Waals surface area contributed by atoms with Gasteiger partial charge in [-0.1, -0.05) is 17.7 Å². The first-order chi connectivity index (χ1) is 9.60. The van der Waals surface area contributed by atoms with Crippen molar-refractivity contribution in [2.45, 2.75) is 13.2 Å². The second-order valence-electron chi connectivity index (χ2n) is 3.65. The largest absolute Gasteiger partial charge is 0.493 e. The first-order valence-corrected chi connectivity index (χ1v) is 6.75. The van der Waals surface area contributed by atoms with Crippen LogP contribution >= 0.6 is 22.9 Å². The van der Waals surface area contributed by atoms with Gasteiger partial charge in [0, 0.05) is 11.1 Å². The standard InChI is InChI=1S/C12H11ClF2N2O2S/c1-18-9-4-2-3-8(10(9)19-12(14)15)16-5-7-6-17-11(13)20-7/h2-4,6,12,16H,5H2,1H3. The van der Waals surface area contributed by atoms with Crippen LogP contribution in [0.15, 0.2) is 24.4 Å². The molecule has 1 N–H and O–H groups in total. The first-order valence-electron chi connectivity index (χ1n) is 5.56. The predicted molar refractivity (Wildman–Crippen MR) is 74.1 cm³/mol. The fraction of sp³-hybridized carbons (Fsp3) is 0.250. The van der Waals surface area contributed by atoms with Crippen LogP contribution in [0, 0.1) is 0 Å². The molecule has 0 radical (unpaired) electrons. The lowest BCUT2D eigenvalue weighted by Gasteiger charge is -2.15. The number of benzene rings is 1. The predicted octanol–water partition coefficient (Wildman–Crippen LogP) is 4.02. The number of hydrogen-bond donors (Lipinski definition) is 1. The summed E-state index contributed by atoms with van der Waals surface area (Å²) in [7, 11) is 1.39. The minimum Gasteiger partial charge on any atom is -0.493 e. The van der Waals surface area contributed by atoms with Gasteiger partial charge in [-0.25, -0.2) is 4.98 Å². The highest BCUT2D eigenvalue weighted by atomic mass is 35.5. The van der Waals surface area contributed by atoms with Crippen molar-refractivity contribution in [2.75, 3.05) is 12.4 Å². The monoisotopic (exact) mass is 320 g/mol. The average Bonchev–Trinajstić information content (AvgIpc) is 2.82. The third kappa shape index (κ3) is 3.71. The van der Waals surface area contributed by atoms with Gasteiger partial charge in [-0.2, -0.15) is 8.78 Å². The van der Waals surface area contributed by atoms with Crippen molar-refractivity contribution in [2.24, 2.45) is 0 Å². The summed E-state index contributed by atoms with van der Waals surface area (Å²) in [4.78, 5) is 4.78. The number of methoxy groups -OCH3 is 1. The highest BCUT2D eigenvalue weighted by Crippen LogP contribution is 2.36. The Morgan fingerprint density at radius 2 is 2.25 bits per heavy atom. The molecule has 1 heterocycles. The molecule has 1 aromatic heterocycles. The lowest BCUT2D eigenvalue weighted by molar-refractivity contribution is -0.0507. The van der Waals surface area contributed by atoms with Crippen molar-refractivity contribution in [1.29, 1.82) is 0 Å². The number of nitrogens with one attached hydrogen (secondary N) is 1. The third-order valence-corrected chi connectivity index (χ3v) is 3.50. The number of anilines is 1. The molecule has 0 unspecified atom stereocenters. The summed E-state index contributed by atoms with van der Waals surface area (Å²) >= 11 is 7.03. The normalized spacial score (nSPS) is 10.7. The zero-order valence-electron chi connectivity index (χ0n) is 10.4. The van der Waals surface area contributed by atoms with Crippen LogP contribution in [0.3, 0.4) is 0 Å². The van der Waals surface area contributed by atoms with Gasteiger partial charge in [0.2, 0.25) is 0 Å². The van der Waals surface area contributed by atoms with E-state index in [0.717, 1.165) is 4.88 Å². The molecule has 108 valence electrons. The van der Waals surface area contributed by atoms with Gasteiger partial charge in [-0.3, -0.25) is 0 Å². The van der Waals surface area contributed by atoms with Gasteiger partial charge in [-0.15, -0.1) is 11.3 Å². The van der Waals surface area contributed by atoms with E-state index in [0.29, 0.717) is 16.7 Å². The Morgan fingerprint density at radius 3 is 2.85 bits per heavy atom. The SMILES string of the molecule is COc1cccc(NCc2cnc(Cl)s2)c1OC(F)F. The number of nitrogens with zero attached hydrogens (tertiary/aromatic N) is 1. The van der Waals surface area contributed by atoms with Crippen LogP contribution in [0.2, 0.25) is 4.47 Å². The molecule has 4 nitrogen and oxygen atoms in total. The Labute approximate surface area is 123 Å². The second-order valence-corrected chi connectivity index (χ2v) is 5.35. The number of ether oxygens (including phenoxy) is 2. The van der Waals surface area contributed by atoms with E-state index in [9.17, 15) is 8.78 Å². The van der Waals surface area contributed by atoms with Crippen molar-refractivity contribution in [3.63, 3.8) is 0 Å². The van der Waals surface area contributed by atoms with E-state index in [1.165, 1.54) is 18.4 Å². The van der Waals surface area contributed by atoms with E-state index in [2.05, 4.69) is 15.0 Å². The Balaban J connectivity index is 2.17. The van der Waals surface area contributed by atoms with E-state index in [-0.39, 0.29) is 11.5 Å². The zero-order valence-corrected chi connectivity index (χ0v) is 12.0. The van der Waals surface area contributed by atoms with Crippen LogP contribution in [0.5, 0.6) is 11.5 Å². The molecule has 2 rings (SSSR count). The smallest absolute Gasteiger partial charge is 0.387 e. The molecule has 0 aliphatic rings. The molecule has 0 fully saturated rings. The van der Waals surface area contributed by atoms with Crippen molar-refractivity contribution >= 4 is 28.6 Å². The summed E-state index contributed by atoms with van der Waals surface area (Å²) in [5.74, 6) is 0.207. The van der Waals surface area contributed by atoms with Gasteiger partial charge in [0.25, 0.3) is 0 Å². The van der Waals surface area contributed by atoms with Gasteiger partial charge < -0.3 is 14.8 Å². The second kappa shape index (κ2) is 6.71. The van der Waals surface area contributed by atoms with Crippen LogP contribution < -0.4 is 14.8 Å². The maximum Gasteiger partial charge on any atom is 0.387 e. The van der Waals surface area contributed by atoms with E-state index in [1.807, 2.05) is 0 Å². The molecular formula is C12H11ClF2N2O2S. The van der Waals surface area contributed by atoms with Crippen LogP contribution in [0.4, 0.5) is 14.5 Å². The minimum atomic E-state index is -2.93. The summed E-state index contributed by atoms with van der Waals surface area (Å²) in [6.45, 7) is -2.53. The molecule has 0 saturated heterocycles. The first kappa shape index (κ1) is 14.8. The Bertz CT molecular complexity index is 580. The lowest BCUT2D eigenvalue weighted by atomic mass is 10.2. The van der Waals surface area contributed by atoms with Crippen LogP contribution in [-0.4, -0.2) is 18.7 Å². The highest BCUT2D eigenvalue weighted by Gasteiger charge is 2.15. The number of aromatic nitrogens is 1. The molecule has 0 bridgehead atoms. The number of hydrogen-bond acceptors (Lipinski definition) is 5. The average molecular weight is 321 g/mol. The zero-order chi connectivity index (χ0) is 14.5. The number of rotatable bonds is 6. The highest BCUT2D eigenvalue weighted by molar-refractivity contribution is 7.15. The number of para-hydroxylation sites is 1. The lowest BCUT2D eigenvalue weighted by Crippen LogP contribution is -2.07. The van der Waals surface area contributed by atoms with Crippen molar-refractivity contribution < 1.29 is 18.3 Å². The Hall–Kier alpha value is -1.60. The number of thiazole rings is 1. The number of alkyl halides is 2. The van der Waals surface area contributed by atoms with E-state index < -0.39 is 6.61 Å². The minimum absolute atomic E-state index is 0.0272. The maximum absolute atomic E-state index is 12.5. The van der Waals surface area contributed by atoms with E-state index in [4.69, 9.17) is 16.3 Å². The van der Waals surface area contributed by atoms with E-state index in [1.54, 1.807) is 24.4 Å². The van der Waals surface area contributed by atoms with Crippen LogP contribution in [0.1, 0.15) is 4.88 Å². The molecule has 0 spiro atoms. The molecule has 0 aliphatic carbocycles. The van der Waals surface area contributed by atoms with Crippen LogP contribution in [0.25, 0.3) is 0 Å². The third-order valence-electron chi connectivity index (χ3n) is 2.38. The number of halogens is 3. The van der Waals surface area contributed by atoms with Crippen molar-refractivity contribution in [1.82, 2.24) is 4.98 Å². The fourth-order valence-electron chi connectivity index (χ4n) is 1.57. The van der Waals surface area contributed by atoms with Gasteiger partial charge >= 0.3 is 6.61 Å². The molecule has 2 aromatic rings. The van der Waals surface area contributed by atoms with E-state index >= 15 is 0 Å². The summed E-state index contributed by atoms with van der Waals surface area (Å²) in [6.07, 6.45) is 1.62. The molecule has 0 atom stereocenters. The van der Waals surface area contributed by atoms with Gasteiger partial charge in [0.1, 0.15) is 0 Å². The quantitative estimate of drug-likeness (QED) is 0.873. The van der Waals surface area contributed by atoms with Crippen molar-refractivity contribution in [3.8, 4) is 11.5 Å². The van der Waals surface area contributed by atoms with Crippen molar-refractivity contribution in [3.05, 3.63) is 33.7 Å². The summed E-state index contributed by atoms with van der Waals surface area (Å²) in [5, 5.41) is 3.00. The van der Waals surface area contributed by atoms with Crippen LogP contribution in [-0.2, 0) is 6.54 Å².